The summed E-state index contributed by atoms with van der Waals surface area (Å²) < 4.78 is 13.4. The van der Waals surface area contributed by atoms with Crippen molar-refractivity contribution in [3.63, 3.8) is 0 Å². The van der Waals surface area contributed by atoms with Crippen molar-refractivity contribution in [2.75, 3.05) is 17.2 Å². The Labute approximate surface area is 147 Å². The molecule has 0 unspecified atom stereocenters. The lowest BCUT2D eigenvalue weighted by atomic mass is 10.1. The second-order valence-electron chi connectivity index (χ2n) is 6.24. The Kier molecular flexibility index (Phi) is 5.23. The number of hydrogen-bond donors (Lipinski definition) is 2. The minimum atomic E-state index is -0.303. The molecule has 1 heterocycles. The number of anilines is 3. The Morgan fingerprint density at radius 2 is 1.76 bits per heavy atom. The van der Waals surface area contributed by atoms with Crippen molar-refractivity contribution in [3.05, 3.63) is 66.5 Å². The van der Waals surface area contributed by atoms with Crippen LogP contribution >= 0.6 is 0 Å². The average Bonchev–Trinajstić information content (AvgIpc) is 2.60. The fourth-order valence-corrected chi connectivity index (χ4v) is 2.35. The molecule has 3 aromatic rings. The predicted octanol–water partition coefficient (Wildman–Crippen LogP) is 5.09. The first-order valence-electron chi connectivity index (χ1n) is 8.31. The summed E-state index contributed by atoms with van der Waals surface area (Å²) in [6.07, 6.45) is 0. The molecule has 2 N–H and O–H groups in total. The van der Waals surface area contributed by atoms with Gasteiger partial charge in [0.1, 0.15) is 11.6 Å². The zero-order valence-corrected chi connectivity index (χ0v) is 14.3. The average molecular weight is 336 g/mol. The lowest BCUT2D eigenvalue weighted by Crippen LogP contribution is -2.10. The van der Waals surface area contributed by atoms with Gasteiger partial charge < -0.3 is 10.6 Å². The van der Waals surface area contributed by atoms with Crippen LogP contribution in [-0.2, 0) is 0 Å². The molecule has 0 aliphatic rings. The van der Waals surface area contributed by atoms with Gasteiger partial charge in [0.2, 0.25) is 5.95 Å². The minimum absolute atomic E-state index is 0.303. The van der Waals surface area contributed by atoms with Gasteiger partial charge in [-0.2, -0.15) is 4.98 Å². The Balaban J connectivity index is 1.94. The largest absolute Gasteiger partial charge is 0.370 e. The number of rotatable bonds is 6. The van der Waals surface area contributed by atoms with Crippen LogP contribution in [0.3, 0.4) is 0 Å². The van der Waals surface area contributed by atoms with E-state index in [1.807, 2.05) is 36.4 Å². The first-order chi connectivity index (χ1) is 12.1. The van der Waals surface area contributed by atoms with Crippen LogP contribution in [0, 0.1) is 11.7 Å². The molecule has 25 heavy (non-hydrogen) atoms. The summed E-state index contributed by atoms with van der Waals surface area (Å²) in [6, 6.07) is 18.1. The Hall–Kier alpha value is -2.95. The molecule has 0 atom stereocenters. The first kappa shape index (κ1) is 16.9. The third-order valence-corrected chi connectivity index (χ3v) is 3.57. The summed E-state index contributed by atoms with van der Waals surface area (Å²) in [6.45, 7) is 5.08. The van der Waals surface area contributed by atoms with Crippen LogP contribution in [0.25, 0.3) is 11.3 Å². The molecule has 0 saturated carbocycles. The fraction of sp³-hybridized carbons (Fsp3) is 0.200. The highest BCUT2D eigenvalue weighted by Gasteiger charge is 2.08. The molecular weight excluding hydrogens is 315 g/mol. The molecule has 0 spiro atoms. The van der Waals surface area contributed by atoms with Gasteiger partial charge in [-0.3, -0.25) is 0 Å². The summed E-state index contributed by atoms with van der Waals surface area (Å²) in [5, 5.41) is 6.41. The summed E-state index contributed by atoms with van der Waals surface area (Å²) in [7, 11) is 0. The highest BCUT2D eigenvalue weighted by atomic mass is 19.1. The van der Waals surface area contributed by atoms with E-state index in [9.17, 15) is 4.39 Å². The third kappa shape index (κ3) is 4.76. The van der Waals surface area contributed by atoms with Gasteiger partial charge in [0.05, 0.1) is 5.69 Å². The predicted molar refractivity (Wildman–Crippen MR) is 100 cm³/mol. The molecule has 0 bridgehead atoms. The quantitative estimate of drug-likeness (QED) is 0.658. The lowest BCUT2D eigenvalue weighted by Gasteiger charge is -2.12. The third-order valence-electron chi connectivity index (χ3n) is 3.57. The van der Waals surface area contributed by atoms with Crippen LogP contribution in [0.15, 0.2) is 60.7 Å². The highest BCUT2D eigenvalue weighted by molar-refractivity contribution is 5.66. The van der Waals surface area contributed by atoms with Gasteiger partial charge in [-0.15, -0.1) is 0 Å². The molecule has 2 aromatic carbocycles. The molecular formula is C20H21FN4. The van der Waals surface area contributed by atoms with E-state index in [1.54, 1.807) is 12.1 Å². The Morgan fingerprint density at radius 1 is 0.960 bits per heavy atom. The number of nitrogens with zero attached hydrogens (tertiary/aromatic N) is 2. The molecule has 0 aliphatic carbocycles. The number of aromatic nitrogens is 2. The van der Waals surface area contributed by atoms with Crippen molar-refractivity contribution in [1.82, 2.24) is 9.97 Å². The van der Waals surface area contributed by atoms with Gasteiger partial charge in [0.15, 0.2) is 0 Å². The zero-order chi connectivity index (χ0) is 17.6. The van der Waals surface area contributed by atoms with Crippen LogP contribution in [0.5, 0.6) is 0 Å². The van der Waals surface area contributed by atoms with E-state index >= 15 is 0 Å². The van der Waals surface area contributed by atoms with Crippen LogP contribution in [0.4, 0.5) is 21.8 Å². The lowest BCUT2D eigenvalue weighted by molar-refractivity contribution is 0.628. The topological polar surface area (TPSA) is 49.8 Å². The standard InChI is InChI=1S/C20H21FN4/c1-14(2)13-22-19-12-18(15-7-4-3-5-8-15)24-20(25-19)23-17-10-6-9-16(21)11-17/h3-12,14H,13H2,1-2H3,(H2,22,23,24,25). The maximum absolute atomic E-state index is 13.4. The van der Waals surface area contributed by atoms with Crippen LogP contribution in [0.1, 0.15) is 13.8 Å². The van der Waals surface area contributed by atoms with Crippen LogP contribution in [-0.4, -0.2) is 16.5 Å². The fourth-order valence-electron chi connectivity index (χ4n) is 2.35. The molecule has 3 rings (SSSR count). The smallest absolute Gasteiger partial charge is 0.229 e. The SMILES string of the molecule is CC(C)CNc1cc(-c2ccccc2)nc(Nc2cccc(F)c2)n1. The van der Waals surface area contributed by atoms with E-state index in [1.165, 1.54) is 12.1 Å². The Morgan fingerprint density at radius 3 is 2.48 bits per heavy atom. The van der Waals surface area contributed by atoms with Crippen molar-refractivity contribution in [2.24, 2.45) is 5.92 Å². The summed E-state index contributed by atoms with van der Waals surface area (Å²) in [5.41, 5.74) is 2.42. The van der Waals surface area contributed by atoms with E-state index in [4.69, 9.17) is 0 Å². The molecule has 0 saturated heterocycles. The monoisotopic (exact) mass is 336 g/mol. The summed E-state index contributed by atoms with van der Waals surface area (Å²) in [4.78, 5) is 9.07. The van der Waals surface area contributed by atoms with Gasteiger partial charge >= 0.3 is 0 Å². The highest BCUT2D eigenvalue weighted by Crippen LogP contribution is 2.23. The van der Waals surface area contributed by atoms with Crippen molar-refractivity contribution < 1.29 is 4.39 Å². The van der Waals surface area contributed by atoms with E-state index in [-0.39, 0.29) is 5.82 Å². The molecule has 0 radical (unpaired) electrons. The van der Waals surface area contributed by atoms with Crippen molar-refractivity contribution in [2.45, 2.75) is 13.8 Å². The molecule has 4 nitrogen and oxygen atoms in total. The number of benzene rings is 2. The normalized spacial score (nSPS) is 10.7. The van der Waals surface area contributed by atoms with E-state index < -0.39 is 0 Å². The first-order valence-corrected chi connectivity index (χ1v) is 8.31. The van der Waals surface area contributed by atoms with Crippen LogP contribution in [0.2, 0.25) is 0 Å². The molecule has 0 fully saturated rings. The van der Waals surface area contributed by atoms with Crippen LogP contribution < -0.4 is 10.6 Å². The van der Waals surface area contributed by atoms with Gasteiger partial charge in [0, 0.05) is 23.9 Å². The number of halogens is 1. The zero-order valence-electron chi connectivity index (χ0n) is 14.3. The maximum atomic E-state index is 13.4. The molecule has 0 aliphatic heterocycles. The van der Waals surface area contributed by atoms with Crippen molar-refractivity contribution in [1.29, 1.82) is 0 Å². The van der Waals surface area contributed by atoms with E-state index in [0.29, 0.717) is 17.6 Å². The van der Waals surface area contributed by atoms with Gasteiger partial charge in [-0.05, 0) is 24.1 Å². The van der Waals surface area contributed by atoms with E-state index in [0.717, 1.165) is 23.6 Å². The van der Waals surface area contributed by atoms with Crippen molar-refractivity contribution in [3.8, 4) is 11.3 Å². The molecule has 128 valence electrons. The summed E-state index contributed by atoms with van der Waals surface area (Å²) in [5.74, 6) is 1.36. The number of hydrogen-bond acceptors (Lipinski definition) is 4. The second-order valence-corrected chi connectivity index (χ2v) is 6.24. The molecule has 0 amide bonds. The van der Waals surface area contributed by atoms with Gasteiger partial charge in [0.25, 0.3) is 0 Å². The molecule has 5 heteroatoms. The number of nitrogens with one attached hydrogen (secondary N) is 2. The Bertz CT molecular complexity index is 834. The maximum Gasteiger partial charge on any atom is 0.229 e. The van der Waals surface area contributed by atoms with Gasteiger partial charge in [-0.1, -0.05) is 50.2 Å². The second kappa shape index (κ2) is 7.75. The van der Waals surface area contributed by atoms with Gasteiger partial charge in [-0.25, -0.2) is 9.37 Å². The minimum Gasteiger partial charge on any atom is -0.370 e. The molecule has 1 aromatic heterocycles. The van der Waals surface area contributed by atoms with E-state index in [2.05, 4.69) is 34.4 Å². The summed E-state index contributed by atoms with van der Waals surface area (Å²) >= 11 is 0. The van der Waals surface area contributed by atoms with Crippen molar-refractivity contribution >= 4 is 17.5 Å².